The third-order valence-corrected chi connectivity index (χ3v) is 10.0. The monoisotopic (exact) mass is 505 g/mol. The van der Waals surface area contributed by atoms with E-state index in [1.807, 2.05) is 62.5 Å². The molecule has 6 atom stereocenters. The summed E-state index contributed by atoms with van der Waals surface area (Å²) in [6, 6.07) is 13.8. The molecule has 7 heteroatoms. The maximum absolute atomic E-state index is 13.4. The van der Waals surface area contributed by atoms with Gasteiger partial charge in [0, 0.05) is 40.6 Å². The zero-order valence-corrected chi connectivity index (χ0v) is 22.0. The maximum Gasteiger partial charge on any atom is 0.221 e. The Labute approximate surface area is 216 Å². The number of pyridine rings is 1. The molecule has 2 aliphatic rings. The molecule has 36 heavy (non-hydrogen) atoms. The van der Waals surface area contributed by atoms with Crippen LogP contribution in [0.3, 0.4) is 0 Å². The molecule has 1 aromatic carbocycles. The summed E-state index contributed by atoms with van der Waals surface area (Å²) in [5.74, 6) is -0.0657. The summed E-state index contributed by atoms with van der Waals surface area (Å²) in [5, 5.41) is 25.5. The molecule has 0 aliphatic heterocycles. The highest BCUT2D eigenvalue weighted by atomic mass is 32.1. The van der Waals surface area contributed by atoms with E-state index >= 15 is 0 Å². The lowest BCUT2D eigenvalue weighted by molar-refractivity contribution is -0.144. The van der Waals surface area contributed by atoms with E-state index in [2.05, 4.69) is 17.2 Å². The van der Waals surface area contributed by atoms with E-state index in [1.165, 1.54) is 0 Å². The minimum atomic E-state index is -0.630. The molecule has 1 fully saturated rings. The molecule has 0 unspecified atom stereocenters. The second-order valence-electron chi connectivity index (χ2n) is 11.0. The molecule has 0 spiro atoms. The van der Waals surface area contributed by atoms with Gasteiger partial charge in [-0.25, -0.2) is 4.98 Å². The fourth-order valence-electron chi connectivity index (χ4n) is 6.57. The second kappa shape index (κ2) is 9.69. The van der Waals surface area contributed by atoms with Crippen LogP contribution < -0.4 is 5.32 Å². The first-order valence-electron chi connectivity index (χ1n) is 12.8. The van der Waals surface area contributed by atoms with Crippen molar-refractivity contribution in [3.63, 3.8) is 0 Å². The number of nitrogens with one attached hydrogen (secondary N) is 1. The number of thiazole rings is 1. The van der Waals surface area contributed by atoms with E-state index in [0.717, 1.165) is 39.5 Å². The van der Waals surface area contributed by atoms with Gasteiger partial charge in [-0.2, -0.15) is 0 Å². The van der Waals surface area contributed by atoms with Gasteiger partial charge in [-0.05, 0) is 55.2 Å². The van der Waals surface area contributed by atoms with Gasteiger partial charge < -0.3 is 15.5 Å². The van der Waals surface area contributed by atoms with E-state index in [-0.39, 0.29) is 35.8 Å². The summed E-state index contributed by atoms with van der Waals surface area (Å²) in [7, 11) is 0. The number of carbonyl (C=O) groups is 1. The van der Waals surface area contributed by atoms with Crippen molar-refractivity contribution in [1.82, 2.24) is 15.3 Å². The van der Waals surface area contributed by atoms with Gasteiger partial charge in [0.15, 0.2) is 0 Å². The molecule has 190 valence electrons. The average molecular weight is 506 g/mol. The van der Waals surface area contributed by atoms with Crippen molar-refractivity contribution < 1.29 is 15.0 Å². The van der Waals surface area contributed by atoms with Crippen LogP contribution in [-0.2, 0) is 11.2 Å². The van der Waals surface area contributed by atoms with E-state index < -0.39 is 11.5 Å². The summed E-state index contributed by atoms with van der Waals surface area (Å²) in [6.07, 6.45) is 5.48. The lowest BCUT2D eigenvalue weighted by atomic mass is 9.47. The minimum absolute atomic E-state index is 0.00284. The third-order valence-electron chi connectivity index (χ3n) is 8.87. The average Bonchev–Trinajstić information content (AvgIpc) is 3.33. The number of aliphatic hydroxyl groups excluding tert-OH is 2. The lowest BCUT2D eigenvalue weighted by Crippen LogP contribution is -2.57. The highest BCUT2D eigenvalue weighted by molar-refractivity contribution is 7.15. The van der Waals surface area contributed by atoms with Crippen LogP contribution in [0.5, 0.6) is 0 Å². The smallest absolute Gasteiger partial charge is 0.221 e. The topological polar surface area (TPSA) is 95.3 Å². The second-order valence-corrected chi connectivity index (χ2v) is 12.1. The van der Waals surface area contributed by atoms with Gasteiger partial charge in [0.2, 0.25) is 5.91 Å². The van der Waals surface area contributed by atoms with Crippen LogP contribution in [0.4, 0.5) is 0 Å². The van der Waals surface area contributed by atoms with Crippen LogP contribution >= 0.6 is 11.3 Å². The van der Waals surface area contributed by atoms with Gasteiger partial charge in [0.1, 0.15) is 5.01 Å². The summed E-state index contributed by atoms with van der Waals surface area (Å²) < 4.78 is 0. The number of hydrogen-bond acceptors (Lipinski definition) is 6. The molecule has 2 aliphatic carbocycles. The molecule has 1 amide bonds. The van der Waals surface area contributed by atoms with Crippen molar-refractivity contribution in [3.05, 3.63) is 71.0 Å². The number of aromatic nitrogens is 2. The quantitative estimate of drug-likeness (QED) is 0.443. The Morgan fingerprint density at radius 1 is 1.22 bits per heavy atom. The van der Waals surface area contributed by atoms with Crippen molar-refractivity contribution in [1.29, 1.82) is 0 Å². The molecule has 3 aromatic rings. The number of nitrogens with zero attached hydrogens (tertiary/aromatic N) is 2. The normalized spacial score (nSPS) is 30.2. The Hall–Kier alpha value is -2.61. The molecule has 2 heterocycles. The summed E-state index contributed by atoms with van der Waals surface area (Å²) in [5.41, 5.74) is 2.14. The van der Waals surface area contributed by atoms with Crippen LogP contribution in [0.2, 0.25) is 0 Å². The van der Waals surface area contributed by atoms with Crippen LogP contribution in [0.25, 0.3) is 10.6 Å². The van der Waals surface area contributed by atoms with Gasteiger partial charge in [-0.1, -0.05) is 44.2 Å². The predicted molar refractivity (Wildman–Crippen MR) is 141 cm³/mol. The number of benzene rings is 1. The van der Waals surface area contributed by atoms with Gasteiger partial charge >= 0.3 is 0 Å². The highest BCUT2D eigenvalue weighted by Crippen LogP contribution is 2.62. The number of fused-ring (bicyclic) bond motifs is 2. The minimum Gasteiger partial charge on any atom is -0.396 e. The van der Waals surface area contributed by atoms with Gasteiger partial charge in [-0.15, -0.1) is 11.3 Å². The standard InChI is InChI=1S/C29H35N3O3S/c1-18(19-8-5-4-6-9-19)31-25(35)14-21-26-22(36-27(32-26)20-10-7-13-30-16-20)15-23-28(21,2)12-11-24(34)29(23,3)17-33/h4-10,13,16,18,21,23-24,33-34H,11-12,14-15,17H2,1-3H3,(H,31,35)/t18-,21+,23-,24-,28+,29+/m1/s1. The fourth-order valence-corrected chi connectivity index (χ4v) is 7.73. The molecule has 0 radical (unpaired) electrons. The molecule has 2 aromatic heterocycles. The molecule has 3 N–H and O–H groups in total. The van der Waals surface area contributed by atoms with Crippen LogP contribution in [0.1, 0.15) is 68.1 Å². The molecule has 6 nitrogen and oxygen atoms in total. The predicted octanol–water partition coefficient (Wildman–Crippen LogP) is 4.89. The fraction of sp³-hybridized carbons (Fsp3) is 0.483. The Bertz CT molecular complexity index is 1220. The van der Waals surface area contributed by atoms with Crippen LogP contribution in [-0.4, -0.2) is 38.8 Å². The first-order chi connectivity index (χ1) is 17.3. The molecular formula is C29H35N3O3S. The van der Waals surface area contributed by atoms with E-state index in [9.17, 15) is 15.0 Å². The Morgan fingerprint density at radius 3 is 2.69 bits per heavy atom. The molecule has 0 bridgehead atoms. The van der Waals surface area contributed by atoms with Crippen molar-refractivity contribution >= 4 is 17.2 Å². The van der Waals surface area contributed by atoms with Crippen molar-refractivity contribution in [2.75, 3.05) is 6.61 Å². The Kier molecular flexibility index (Phi) is 6.74. The summed E-state index contributed by atoms with van der Waals surface area (Å²) in [4.78, 5) is 24.0. The molecule has 0 saturated heterocycles. The lowest BCUT2D eigenvalue weighted by Gasteiger charge is -2.58. The van der Waals surface area contributed by atoms with E-state index in [4.69, 9.17) is 4.98 Å². The van der Waals surface area contributed by atoms with E-state index in [1.54, 1.807) is 17.5 Å². The summed E-state index contributed by atoms with van der Waals surface area (Å²) in [6.45, 7) is 6.17. The number of amides is 1. The van der Waals surface area contributed by atoms with Crippen molar-refractivity contribution in [2.45, 2.75) is 64.5 Å². The van der Waals surface area contributed by atoms with Gasteiger partial charge in [-0.3, -0.25) is 9.78 Å². The molecule has 1 saturated carbocycles. The molecular weight excluding hydrogens is 470 g/mol. The number of aliphatic hydroxyl groups is 2. The third kappa shape index (κ3) is 4.27. The number of hydrogen-bond donors (Lipinski definition) is 3. The maximum atomic E-state index is 13.4. The number of carbonyl (C=O) groups excluding carboxylic acids is 1. The first kappa shape index (κ1) is 25.1. The zero-order chi connectivity index (χ0) is 25.5. The highest BCUT2D eigenvalue weighted by Gasteiger charge is 2.59. The zero-order valence-electron chi connectivity index (χ0n) is 21.1. The Balaban J connectivity index is 1.51. The summed E-state index contributed by atoms with van der Waals surface area (Å²) >= 11 is 1.65. The van der Waals surface area contributed by atoms with Gasteiger partial charge in [0.05, 0.1) is 24.4 Å². The SMILES string of the molecule is C[C@@H](NC(=O)C[C@H]1c2nc(-c3cccnc3)sc2C[C@H]2[C@](C)(CO)[C@H](O)CC[C@]21C)c1ccccc1. The first-order valence-corrected chi connectivity index (χ1v) is 13.6. The van der Waals surface area contributed by atoms with Crippen LogP contribution in [0, 0.1) is 16.7 Å². The van der Waals surface area contributed by atoms with Gasteiger partial charge in [0.25, 0.3) is 0 Å². The largest absolute Gasteiger partial charge is 0.396 e. The van der Waals surface area contributed by atoms with Crippen molar-refractivity contribution in [2.24, 2.45) is 16.7 Å². The number of rotatable bonds is 6. The van der Waals surface area contributed by atoms with Crippen molar-refractivity contribution in [3.8, 4) is 10.6 Å². The van der Waals surface area contributed by atoms with Crippen LogP contribution in [0.15, 0.2) is 54.9 Å². The molecule has 5 rings (SSSR count). The van der Waals surface area contributed by atoms with E-state index in [0.29, 0.717) is 12.8 Å². The Morgan fingerprint density at radius 2 is 2.00 bits per heavy atom.